The van der Waals surface area contributed by atoms with Crippen LogP contribution in [0.3, 0.4) is 0 Å². The summed E-state index contributed by atoms with van der Waals surface area (Å²) < 4.78 is 7.04. The van der Waals surface area contributed by atoms with Crippen molar-refractivity contribution < 1.29 is 19.6 Å². The summed E-state index contributed by atoms with van der Waals surface area (Å²) >= 11 is 2.47. The van der Waals surface area contributed by atoms with E-state index in [4.69, 9.17) is 9.73 Å². The zero-order chi connectivity index (χ0) is 26.1. The third-order valence-corrected chi connectivity index (χ3v) is 7.60. The quantitative estimate of drug-likeness (QED) is 0.229. The number of carbonyl (C=O) groups is 1. The molecule has 1 N–H and O–H groups in total. The van der Waals surface area contributed by atoms with Gasteiger partial charge >= 0.3 is 5.97 Å². The molecule has 9 nitrogen and oxygen atoms in total. The molecule has 3 heterocycles. The highest BCUT2D eigenvalue weighted by atomic mass is 32.1. The largest absolute Gasteiger partial charge is 0.507 e. The Kier molecular flexibility index (Phi) is 6.55. The van der Waals surface area contributed by atoms with Crippen LogP contribution in [0.5, 0.6) is 5.75 Å². The maximum atomic E-state index is 13.7. The number of fused-ring (bicyclic) bond motifs is 1. The van der Waals surface area contributed by atoms with Crippen molar-refractivity contribution in [2.45, 2.75) is 13.0 Å². The standard InChI is InChI=1S/C26H19N3O6S2/c1-2-35-25(32)21-22(15-7-4-3-5-8-15)27-26-28(23(21)19-9-6-12-36-19)24(31)20(37-26)14-16-13-17(29(33)34)10-11-18(16)30/h3-14,23,30H,2H2,1H3/b20-14+/t23-/m1/s1. The molecule has 4 aromatic rings. The Morgan fingerprint density at radius 2 is 2.00 bits per heavy atom. The van der Waals surface area contributed by atoms with Gasteiger partial charge in [-0.15, -0.1) is 11.3 Å². The topological polar surface area (TPSA) is 124 Å². The molecule has 0 bridgehead atoms. The van der Waals surface area contributed by atoms with Crippen molar-refractivity contribution in [3.05, 3.63) is 117 Å². The lowest BCUT2D eigenvalue weighted by molar-refractivity contribution is -0.384. The highest BCUT2D eigenvalue weighted by Crippen LogP contribution is 2.36. The Morgan fingerprint density at radius 1 is 1.22 bits per heavy atom. The number of hydrogen-bond donors (Lipinski definition) is 1. The van der Waals surface area contributed by atoms with Gasteiger partial charge in [-0.1, -0.05) is 47.7 Å². The Morgan fingerprint density at radius 3 is 2.68 bits per heavy atom. The summed E-state index contributed by atoms with van der Waals surface area (Å²) in [6.07, 6.45) is 1.40. The fourth-order valence-corrected chi connectivity index (χ4v) is 5.88. The molecule has 1 atom stereocenters. The molecule has 0 unspecified atom stereocenters. The molecule has 2 aromatic heterocycles. The van der Waals surface area contributed by atoms with Crippen molar-refractivity contribution >= 4 is 46.1 Å². The molecule has 1 aliphatic rings. The number of carbonyl (C=O) groups excluding carboxylic acids is 1. The minimum absolute atomic E-state index is 0.125. The molecule has 0 amide bonds. The second-order valence-corrected chi connectivity index (χ2v) is 9.94. The van der Waals surface area contributed by atoms with Gasteiger partial charge in [0.2, 0.25) is 0 Å². The van der Waals surface area contributed by atoms with Crippen LogP contribution in [0.4, 0.5) is 5.69 Å². The van der Waals surface area contributed by atoms with Gasteiger partial charge in [0.15, 0.2) is 4.80 Å². The number of nitro benzene ring substituents is 1. The number of phenols is 1. The number of hydrogen-bond acceptors (Lipinski definition) is 9. The van der Waals surface area contributed by atoms with E-state index in [0.717, 1.165) is 16.2 Å². The van der Waals surface area contributed by atoms with Gasteiger partial charge in [-0.25, -0.2) is 9.79 Å². The van der Waals surface area contributed by atoms with Gasteiger partial charge in [0.25, 0.3) is 11.2 Å². The molecule has 0 fully saturated rings. The highest BCUT2D eigenvalue weighted by Gasteiger charge is 2.35. The molecule has 11 heteroatoms. The number of ether oxygens (including phenoxy) is 1. The van der Waals surface area contributed by atoms with Crippen LogP contribution in [0.1, 0.15) is 29.0 Å². The van der Waals surface area contributed by atoms with Gasteiger partial charge in [0.1, 0.15) is 11.8 Å². The number of esters is 1. The Bertz CT molecular complexity index is 1720. The first-order valence-corrected chi connectivity index (χ1v) is 12.9. The first-order chi connectivity index (χ1) is 17.9. The fourth-order valence-electron chi connectivity index (χ4n) is 4.07. The van der Waals surface area contributed by atoms with Crippen molar-refractivity contribution in [3.8, 4) is 5.75 Å². The number of rotatable bonds is 6. The zero-order valence-corrected chi connectivity index (χ0v) is 21.0. The van der Waals surface area contributed by atoms with E-state index in [2.05, 4.69) is 0 Å². The van der Waals surface area contributed by atoms with Crippen LogP contribution in [-0.4, -0.2) is 27.2 Å². The Balaban J connectivity index is 1.81. The number of phenolic OH excluding ortho intramolecular Hbond substituents is 1. The molecule has 0 spiro atoms. The van der Waals surface area contributed by atoms with E-state index in [1.807, 2.05) is 47.8 Å². The van der Waals surface area contributed by atoms with Gasteiger partial charge in [-0.2, -0.15) is 0 Å². The van der Waals surface area contributed by atoms with E-state index in [1.165, 1.54) is 40.2 Å². The molecule has 1 aliphatic heterocycles. The molecule has 0 aliphatic carbocycles. The van der Waals surface area contributed by atoms with Crippen molar-refractivity contribution in [1.82, 2.24) is 4.57 Å². The van der Waals surface area contributed by atoms with Crippen LogP contribution in [-0.2, 0) is 9.53 Å². The molecule has 5 rings (SSSR count). The molecule has 186 valence electrons. The second kappa shape index (κ2) is 9.96. The van der Waals surface area contributed by atoms with Crippen LogP contribution in [0.2, 0.25) is 0 Å². The molecule has 0 saturated heterocycles. The predicted molar refractivity (Wildman–Crippen MR) is 140 cm³/mol. The molecular formula is C26H19N3O6S2. The summed E-state index contributed by atoms with van der Waals surface area (Å²) in [7, 11) is 0. The van der Waals surface area contributed by atoms with E-state index in [1.54, 1.807) is 6.92 Å². The van der Waals surface area contributed by atoms with Gasteiger partial charge < -0.3 is 9.84 Å². The average molecular weight is 534 g/mol. The predicted octanol–water partition coefficient (Wildman–Crippen LogP) is 3.61. The summed E-state index contributed by atoms with van der Waals surface area (Å²) in [5.74, 6) is -0.780. The monoisotopic (exact) mass is 533 g/mol. The lowest BCUT2D eigenvalue weighted by Crippen LogP contribution is -2.39. The first kappa shape index (κ1) is 24.3. The van der Waals surface area contributed by atoms with E-state index in [0.29, 0.717) is 16.1 Å². The maximum absolute atomic E-state index is 13.7. The van der Waals surface area contributed by atoms with E-state index in [9.17, 15) is 24.8 Å². The first-order valence-electron chi connectivity index (χ1n) is 11.2. The van der Waals surface area contributed by atoms with Crippen LogP contribution >= 0.6 is 22.7 Å². The lowest BCUT2D eigenvalue weighted by Gasteiger charge is -2.24. The lowest BCUT2D eigenvalue weighted by atomic mass is 9.97. The van der Waals surface area contributed by atoms with Crippen molar-refractivity contribution in [2.24, 2.45) is 4.99 Å². The van der Waals surface area contributed by atoms with E-state index in [-0.39, 0.29) is 33.7 Å². The number of thiazole rings is 1. The number of aromatic hydroxyl groups is 1. The summed E-state index contributed by atoms with van der Waals surface area (Å²) in [4.78, 5) is 43.5. The van der Waals surface area contributed by atoms with Crippen LogP contribution in [0.15, 0.2) is 81.4 Å². The van der Waals surface area contributed by atoms with Crippen LogP contribution in [0.25, 0.3) is 11.8 Å². The van der Waals surface area contributed by atoms with E-state index >= 15 is 0 Å². The summed E-state index contributed by atoms with van der Waals surface area (Å²) in [5.41, 5.74) is 0.809. The van der Waals surface area contributed by atoms with Crippen LogP contribution < -0.4 is 14.9 Å². The molecule has 2 aromatic carbocycles. The van der Waals surface area contributed by atoms with Gasteiger partial charge in [-0.05, 0) is 30.5 Å². The summed E-state index contributed by atoms with van der Waals surface area (Å²) in [6.45, 7) is 1.86. The number of nitrogens with zero attached hydrogens (tertiary/aromatic N) is 3. The highest BCUT2D eigenvalue weighted by molar-refractivity contribution is 7.10. The third kappa shape index (κ3) is 4.50. The second-order valence-electron chi connectivity index (χ2n) is 7.95. The van der Waals surface area contributed by atoms with Crippen molar-refractivity contribution in [3.63, 3.8) is 0 Å². The average Bonchev–Trinajstić information content (AvgIpc) is 3.53. The molecule has 0 radical (unpaired) electrons. The van der Waals surface area contributed by atoms with Gasteiger partial charge in [0, 0.05) is 28.1 Å². The molecular weight excluding hydrogens is 514 g/mol. The summed E-state index contributed by atoms with van der Waals surface area (Å²) in [6, 6.07) is 15.7. The Hall–Kier alpha value is -4.35. The van der Waals surface area contributed by atoms with E-state index < -0.39 is 22.5 Å². The van der Waals surface area contributed by atoms with Crippen molar-refractivity contribution in [2.75, 3.05) is 6.61 Å². The van der Waals surface area contributed by atoms with Gasteiger partial charge in [0.05, 0.1) is 27.3 Å². The normalized spacial score (nSPS) is 15.3. The zero-order valence-electron chi connectivity index (χ0n) is 19.4. The van der Waals surface area contributed by atoms with Crippen molar-refractivity contribution in [1.29, 1.82) is 0 Å². The number of nitro groups is 1. The van der Waals surface area contributed by atoms with Crippen LogP contribution in [0, 0.1) is 10.1 Å². The number of thiophene rings is 1. The minimum Gasteiger partial charge on any atom is -0.507 e. The SMILES string of the molecule is CCOC(=O)C1=C(c2ccccc2)N=c2s/c(=C/c3cc([N+](=O)[O-])ccc3O)c(=O)n2[C@@H]1c1cccs1. The molecule has 0 saturated carbocycles. The maximum Gasteiger partial charge on any atom is 0.338 e. The smallest absolute Gasteiger partial charge is 0.338 e. The molecule has 37 heavy (non-hydrogen) atoms. The number of benzene rings is 2. The number of non-ortho nitro benzene ring substituents is 1. The third-order valence-electron chi connectivity index (χ3n) is 5.69. The summed E-state index contributed by atoms with van der Waals surface area (Å²) in [5, 5.41) is 23.4. The fraction of sp³-hybridized carbons (Fsp3) is 0.115. The number of aromatic nitrogens is 1. The van der Waals surface area contributed by atoms with Gasteiger partial charge in [-0.3, -0.25) is 19.5 Å². The Labute approximate surface area is 217 Å². The minimum atomic E-state index is -0.786.